The molecule has 0 aliphatic heterocycles. The molecule has 3 rings (SSSR count). The number of fused-ring (bicyclic) bond motifs is 1. The molecule has 0 saturated carbocycles. The molecule has 154 valence electrons. The second-order valence-corrected chi connectivity index (χ2v) is 6.96. The molecule has 1 aromatic heterocycles. The quantitative estimate of drug-likeness (QED) is 0.589. The molecule has 0 bridgehead atoms. The van der Waals surface area contributed by atoms with E-state index in [1.54, 1.807) is 26.2 Å². The van der Waals surface area contributed by atoms with Crippen molar-refractivity contribution < 1.29 is 19.0 Å². The maximum atomic E-state index is 12.6. The number of rotatable bonds is 9. The largest absolute Gasteiger partial charge is 0.493 e. The van der Waals surface area contributed by atoms with Crippen LogP contribution in [0.5, 0.6) is 17.2 Å². The molecule has 3 aromatic rings. The number of carbonyl (C=O) groups is 1. The Labute approximate surface area is 171 Å². The second kappa shape index (κ2) is 9.37. The van der Waals surface area contributed by atoms with Gasteiger partial charge in [-0.3, -0.25) is 4.79 Å². The number of aromatic nitrogens is 1. The van der Waals surface area contributed by atoms with Gasteiger partial charge < -0.3 is 24.1 Å². The lowest BCUT2D eigenvalue weighted by molar-refractivity contribution is -0.130. The number of ether oxygens (including phenoxy) is 3. The summed E-state index contributed by atoms with van der Waals surface area (Å²) in [7, 11) is 6.55. The van der Waals surface area contributed by atoms with Gasteiger partial charge in [-0.15, -0.1) is 0 Å². The van der Waals surface area contributed by atoms with E-state index in [1.807, 2.05) is 37.5 Å². The SMILES string of the molecule is COc1ccc(CN(C)C(=O)CCCc2c[nH]c3ccccc23)c(OC)c1OC. The van der Waals surface area contributed by atoms with Gasteiger partial charge >= 0.3 is 0 Å². The van der Waals surface area contributed by atoms with Gasteiger partial charge in [0.25, 0.3) is 0 Å². The van der Waals surface area contributed by atoms with Gasteiger partial charge in [-0.1, -0.05) is 18.2 Å². The zero-order valence-corrected chi connectivity index (χ0v) is 17.5. The highest BCUT2D eigenvalue weighted by Crippen LogP contribution is 2.40. The number of carbonyl (C=O) groups excluding carboxylic acids is 1. The summed E-state index contributed by atoms with van der Waals surface area (Å²) < 4.78 is 16.3. The van der Waals surface area contributed by atoms with E-state index in [0.717, 1.165) is 23.9 Å². The fraction of sp³-hybridized carbons (Fsp3) is 0.348. The molecule has 1 heterocycles. The number of aromatic amines is 1. The molecule has 0 radical (unpaired) electrons. The van der Waals surface area contributed by atoms with Crippen molar-refractivity contribution in [1.82, 2.24) is 9.88 Å². The van der Waals surface area contributed by atoms with Crippen LogP contribution in [0, 0.1) is 0 Å². The first kappa shape index (κ1) is 20.6. The van der Waals surface area contributed by atoms with E-state index in [0.29, 0.717) is 30.2 Å². The highest BCUT2D eigenvalue weighted by molar-refractivity contribution is 5.83. The topological polar surface area (TPSA) is 63.8 Å². The first-order chi connectivity index (χ1) is 14.1. The van der Waals surface area contributed by atoms with E-state index in [-0.39, 0.29) is 5.91 Å². The van der Waals surface area contributed by atoms with Gasteiger partial charge in [-0.2, -0.15) is 0 Å². The Kier molecular flexibility index (Phi) is 6.65. The van der Waals surface area contributed by atoms with Crippen molar-refractivity contribution in [3.63, 3.8) is 0 Å². The number of para-hydroxylation sites is 1. The van der Waals surface area contributed by atoms with Crippen molar-refractivity contribution in [3.05, 3.63) is 53.7 Å². The van der Waals surface area contributed by atoms with Gasteiger partial charge in [0.2, 0.25) is 11.7 Å². The average molecular weight is 396 g/mol. The van der Waals surface area contributed by atoms with Gasteiger partial charge in [0.1, 0.15) is 0 Å². The van der Waals surface area contributed by atoms with Crippen LogP contribution in [0.3, 0.4) is 0 Å². The van der Waals surface area contributed by atoms with Crippen LogP contribution in [0.2, 0.25) is 0 Å². The first-order valence-electron chi connectivity index (χ1n) is 9.65. The third-order valence-electron chi connectivity index (χ3n) is 5.13. The smallest absolute Gasteiger partial charge is 0.222 e. The van der Waals surface area contributed by atoms with E-state index in [4.69, 9.17) is 14.2 Å². The van der Waals surface area contributed by atoms with Crippen LogP contribution in [0.4, 0.5) is 0 Å². The Morgan fingerprint density at radius 1 is 0.966 bits per heavy atom. The predicted octanol–water partition coefficient (Wildman–Crippen LogP) is 4.18. The van der Waals surface area contributed by atoms with E-state index in [2.05, 4.69) is 17.1 Å². The van der Waals surface area contributed by atoms with Crippen LogP contribution in [-0.4, -0.2) is 44.2 Å². The van der Waals surface area contributed by atoms with Gasteiger partial charge in [-0.05, 0) is 36.6 Å². The molecule has 0 aliphatic carbocycles. The summed E-state index contributed by atoms with van der Waals surface area (Å²) in [5.74, 6) is 1.82. The molecule has 0 fully saturated rings. The van der Waals surface area contributed by atoms with Crippen molar-refractivity contribution >= 4 is 16.8 Å². The van der Waals surface area contributed by atoms with Crippen LogP contribution < -0.4 is 14.2 Å². The van der Waals surface area contributed by atoms with Crippen LogP contribution in [0.25, 0.3) is 10.9 Å². The minimum atomic E-state index is 0.0988. The molecule has 6 nitrogen and oxygen atoms in total. The number of aryl methyl sites for hydroxylation is 1. The van der Waals surface area contributed by atoms with Gasteiger partial charge in [0, 0.05) is 42.7 Å². The molecular formula is C23H28N2O4. The zero-order valence-electron chi connectivity index (χ0n) is 17.5. The number of nitrogens with zero attached hydrogens (tertiary/aromatic N) is 1. The minimum Gasteiger partial charge on any atom is -0.493 e. The molecule has 6 heteroatoms. The average Bonchev–Trinajstić information content (AvgIpc) is 3.16. The number of H-pyrrole nitrogens is 1. The second-order valence-electron chi connectivity index (χ2n) is 6.96. The lowest BCUT2D eigenvalue weighted by Crippen LogP contribution is -2.26. The maximum absolute atomic E-state index is 12.6. The lowest BCUT2D eigenvalue weighted by atomic mass is 10.1. The molecule has 0 saturated heterocycles. The molecule has 0 unspecified atom stereocenters. The Hall–Kier alpha value is -3.15. The van der Waals surface area contributed by atoms with E-state index in [1.165, 1.54) is 10.9 Å². The third kappa shape index (κ3) is 4.47. The van der Waals surface area contributed by atoms with Gasteiger partial charge in [0.15, 0.2) is 11.5 Å². The Bertz CT molecular complexity index is 980. The van der Waals surface area contributed by atoms with Gasteiger partial charge in [0.05, 0.1) is 21.3 Å². The molecule has 1 N–H and O–H groups in total. The van der Waals surface area contributed by atoms with E-state index in [9.17, 15) is 4.79 Å². The minimum absolute atomic E-state index is 0.0988. The summed E-state index contributed by atoms with van der Waals surface area (Å²) in [6, 6.07) is 12.0. The van der Waals surface area contributed by atoms with Crippen molar-refractivity contribution in [1.29, 1.82) is 0 Å². The number of hydrogen-bond donors (Lipinski definition) is 1. The summed E-state index contributed by atoms with van der Waals surface area (Å²) in [4.78, 5) is 17.6. The Balaban J connectivity index is 1.61. The number of methoxy groups -OCH3 is 3. The molecule has 29 heavy (non-hydrogen) atoms. The summed E-state index contributed by atoms with van der Waals surface area (Å²) in [6.45, 7) is 0.440. The first-order valence-corrected chi connectivity index (χ1v) is 9.65. The predicted molar refractivity (Wildman–Crippen MR) is 114 cm³/mol. The zero-order chi connectivity index (χ0) is 20.8. The number of benzene rings is 2. The van der Waals surface area contributed by atoms with Crippen LogP contribution in [0.1, 0.15) is 24.0 Å². The van der Waals surface area contributed by atoms with Crippen molar-refractivity contribution in [2.75, 3.05) is 28.4 Å². The number of amides is 1. The normalized spacial score (nSPS) is 10.8. The Morgan fingerprint density at radius 3 is 2.45 bits per heavy atom. The number of hydrogen-bond acceptors (Lipinski definition) is 4. The van der Waals surface area contributed by atoms with Gasteiger partial charge in [-0.25, -0.2) is 0 Å². The standard InChI is InChI=1S/C23H28N2O4/c1-25(15-17-12-13-20(27-2)23(29-4)22(17)28-3)21(26)11-7-8-16-14-24-19-10-6-5-9-18(16)19/h5-6,9-10,12-14,24H,7-8,11,15H2,1-4H3. The monoisotopic (exact) mass is 396 g/mol. The highest BCUT2D eigenvalue weighted by atomic mass is 16.5. The van der Waals surface area contributed by atoms with Crippen LogP contribution >= 0.6 is 0 Å². The summed E-state index contributed by atoms with van der Waals surface area (Å²) in [6.07, 6.45) is 4.19. The summed E-state index contributed by atoms with van der Waals surface area (Å²) in [5, 5.41) is 1.23. The molecular weight excluding hydrogens is 368 g/mol. The molecule has 2 aromatic carbocycles. The van der Waals surface area contributed by atoms with Crippen LogP contribution in [-0.2, 0) is 17.8 Å². The molecule has 0 aliphatic rings. The molecule has 0 atom stereocenters. The Morgan fingerprint density at radius 2 is 1.72 bits per heavy atom. The van der Waals surface area contributed by atoms with Crippen LogP contribution in [0.15, 0.2) is 42.6 Å². The van der Waals surface area contributed by atoms with E-state index >= 15 is 0 Å². The fourth-order valence-corrected chi connectivity index (χ4v) is 3.59. The summed E-state index contributed by atoms with van der Waals surface area (Å²) >= 11 is 0. The lowest BCUT2D eigenvalue weighted by Gasteiger charge is -2.21. The third-order valence-corrected chi connectivity index (χ3v) is 5.13. The van der Waals surface area contributed by atoms with Crippen molar-refractivity contribution in [3.8, 4) is 17.2 Å². The number of nitrogens with one attached hydrogen (secondary N) is 1. The summed E-state index contributed by atoms with van der Waals surface area (Å²) in [5.41, 5.74) is 3.25. The van der Waals surface area contributed by atoms with E-state index < -0.39 is 0 Å². The molecule has 0 spiro atoms. The fourth-order valence-electron chi connectivity index (χ4n) is 3.59. The molecule has 1 amide bonds. The van der Waals surface area contributed by atoms with Crippen molar-refractivity contribution in [2.24, 2.45) is 0 Å². The van der Waals surface area contributed by atoms with Crippen molar-refractivity contribution in [2.45, 2.75) is 25.8 Å². The maximum Gasteiger partial charge on any atom is 0.222 e. The highest BCUT2D eigenvalue weighted by Gasteiger charge is 2.18.